The number of likely N-dealkylation sites (tertiary alicyclic amines) is 1. The number of carbonyl (C=O) groups excluding carboxylic acids is 2. The Bertz CT molecular complexity index is 867. The maximum absolute atomic E-state index is 13.0. The number of rotatable bonds is 4. The molecule has 2 N–H and O–H groups in total. The van der Waals surface area contributed by atoms with Crippen LogP contribution in [0.5, 0.6) is 11.5 Å². The molecule has 5 fully saturated rings. The Morgan fingerprint density at radius 1 is 0.938 bits per heavy atom. The van der Waals surface area contributed by atoms with Crippen LogP contribution in [0.15, 0.2) is 18.2 Å². The van der Waals surface area contributed by atoms with Gasteiger partial charge in [-0.1, -0.05) is 6.07 Å². The Balaban J connectivity index is 0.969. The molecule has 4 aliphatic carbocycles. The van der Waals surface area contributed by atoms with Gasteiger partial charge in [-0.15, -0.1) is 0 Å². The molecule has 2 aliphatic heterocycles. The zero-order valence-corrected chi connectivity index (χ0v) is 18.6. The number of piperidine rings is 1. The molecule has 7 nitrogen and oxygen atoms in total. The first-order chi connectivity index (χ1) is 15.6. The van der Waals surface area contributed by atoms with Gasteiger partial charge in [0.05, 0.1) is 0 Å². The van der Waals surface area contributed by atoms with Crippen LogP contribution in [0, 0.1) is 29.6 Å². The molecule has 0 spiro atoms. The summed E-state index contributed by atoms with van der Waals surface area (Å²) in [6.07, 6.45) is 8.20. The standard InChI is InChI=1S/C25H33N3O4/c29-24(27-23-19-8-16-7-17(10-19)11-20(23)9-16)18-3-5-28(6-4-18)25(30)26-13-15-1-2-21-22(12-15)32-14-31-21/h1-2,12,16-20,23H,3-11,13-14H2,(H,26,30)(H,27,29). The number of ether oxygens (including phenoxy) is 2. The van der Waals surface area contributed by atoms with Crippen molar-refractivity contribution in [3.63, 3.8) is 0 Å². The molecule has 4 saturated carbocycles. The molecule has 172 valence electrons. The number of hydrogen-bond acceptors (Lipinski definition) is 4. The maximum atomic E-state index is 13.0. The first kappa shape index (κ1) is 20.2. The summed E-state index contributed by atoms with van der Waals surface area (Å²) in [5.41, 5.74) is 0.979. The number of urea groups is 1. The first-order valence-electron chi connectivity index (χ1n) is 12.3. The van der Waals surface area contributed by atoms with Gasteiger partial charge in [-0.3, -0.25) is 4.79 Å². The summed E-state index contributed by atoms with van der Waals surface area (Å²) in [7, 11) is 0. The molecule has 4 bridgehead atoms. The van der Waals surface area contributed by atoms with Crippen molar-refractivity contribution >= 4 is 11.9 Å². The monoisotopic (exact) mass is 439 g/mol. The van der Waals surface area contributed by atoms with Crippen LogP contribution in [0.4, 0.5) is 4.79 Å². The SMILES string of the molecule is O=C(NC1C2CC3CC(C2)CC1C3)C1CCN(C(=O)NCc2ccc3c(c2)OCO3)CC1. The van der Waals surface area contributed by atoms with Gasteiger partial charge in [0, 0.05) is 31.6 Å². The maximum Gasteiger partial charge on any atom is 0.317 e. The van der Waals surface area contributed by atoms with E-state index in [1.807, 2.05) is 23.1 Å². The molecule has 0 atom stereocenters. The molecule has 1 aromatic carbocycles. The number of amides is 3. The lowest BCUT2D eigenvalue weighted by atomic mass is 9.54. The van der Waals surface area contributed by atoms with Crippen molar-refractivity contribution in [3.8, 4) is 11.5 Å². The van der Waals surface area contributed by atoms with Gasteiger partial charge in [0.1, 0.15) is 0 Å². The topological polar surface area (TPSA) is 79.9 Å². The molecule has 0 radical (unpaired) electrons. The summed E-state index contributed by atoms with van der Waals surface area (Å²) >= 11 is 0. The van der Waals surface area contributed by atoms with E-state index in [1.54, 1.807) is 0 Å². The van der Waals surface area contributed by atoms with Crippen molar-refractivity contribution in [2.45, 2.75) is 57.5 Å². The smallest absolute Gasteiger partial charge is 0.317 e. The zero-order valence-electron chi connectivity index (χ0n) is 18.6. The third-order valence-corrected chi connectivity index (χ3v) is 8.57. The average Bonchev–Trinajstić information content (AvgIpc) is 3.27. The Labute approximate surface area is 189 Å². The van der Waals surface area contributed by atoms with Crippen LogP contribution in [0.25, 0.3) is 0 Å². The van der Waals surface area contributed by atoms with Gasteiger partial charge in [-0.2, -0.15) is 0 Å². The highest BCUT2D eigenvalue weighted by molar-refractivity contribution is 5.80. The number of fused-ring (bicyclic) bond motifs is 1. The largest absolute Gasteiger partial charge is 0.454 e. The fourth-order valence-corrected chi connectivity index (χ4v) is 7.13. The Morgan fingerprint density at radius 3 is 2.34 bits per heavy atom. The fourth-order valence-electron chi connectivity index (χ4n) is 7.13. The van der Waals surface area contributed by atoms with E-state index in [4.69, 9.17) is 9.47 Å². The minimum atomic E-state index is -0.0671. The molecule has 7 rings (SSSR count). The second-order valence-electron chi connectivity index (χ2n) is 10.6. The van der Waals surface area contributed by atoms with Crippen LogP contribution < -0.4 is 20.1 Å². The van der Waals surface area contributed by atoms with E-state index >= 15 is 0 Å². The second kappa shape index (κ2) is 8.16. The highest BCUT2D eigenvalue weighted by Gasteiger charge is 2.49. The Hall–Kier alpha value is -2.44. The van der Waals surface area contributed by atoms with E-state index in [2.05, 4.69) is 10.6 Å². The predicted molar refractivity (Wildman–Crippen MR) is 118 cm³/mol. The Morgan fingerprint density at radius 2 is 1.62 bits per heavy atom. The van der Waals surface area contributed by atoms with Crippen molar-refractivity contribution in [2.75, 3.05) is 19.9 Å². The van der Waals surface area contributed by atoms with Gasteiger partial charge in [-0.25, -0.2) is 4.79 Å². The van der Waals surface area contributed by atoms with Crippen LogP contribution in [-0.4, -0.2) is 42.8 Å². The van der Waals surface area contributed by atoms with Crippen molar-refractivity contribution in [2.24, 2.45) is 29.6 Å². The van der Waals surface area contributed by atoms with Crippen LogP contribution in [0.3, 0.4) is 0 Å². The lowest BCUT2D eigenvalue weighted by molar-refractivity contribution is -0.130. The van der Waals surface area contributed by atoms with Gasteiger partial charge in [0.2, 0.25) is 12.7 Å². The van der Waals surface area contributed by atoms with Crippen LogP contribution in [0.1, 0.15) is 50.5 Å². The molecule has 1 aromatic rings. The normalized spacial score (nSPS) is 32.8. The van der Waals surface area contributed by atoms with E-state index in [0.717, 1.165) is 41.7 Å². The third-order valence-electron chi connectivity index (χ3n) is 8.57. The van der Waals surface area contributed by atoms with Crippen molar-refractivity contribution in [1.29, 1.82) is 0 Å². The molecule has 1 saturated heterocycles. The molecule has 6 aliphatic rings. The summed E-state index contributed by atoms with van der Waals surface area (Å²) < 4.78 is 10.7. The minimum Gasteiger partial charge on any atom is -0.454 e. The van der Waals surface area contributed by atoms with Gasteiger partial charge >= 0.3 is 6.03 Å². The summed E-state index contributed by atoms with van der Waals surface area (Å²) in [6, 6.07) is 6.05. The van der Waals surface area contributed by atoms with Crippen LogP contribution in [-0.2, 0) is 11.3 Å². The van der Waals surface area contributed by atoms with Gasteiger partial charge in [-0.05, 0) is 86.3 Å². The highest BCUT2D eigenvalue weighted by atomic mass is 16.7. The van der Waals surface area contributed by atoms with E-state index < -0.39 is 0 Å². The summed E-state index contributed by atoms with van der Waals surface area (Å²) in [6.45, 7) is 1.96. The van der Waals surface area contributed by atoms with E-state index in [9.17, 15) is 9.59 Å². The van der Waals surface area contributed by atoms with Gasteiger partial charge in [0.25, 0.3) is 0 Å². The molecule has 3 amide bonds. The zero-order chi connectivity index (χ0) is 21.7. The molecule has 2 heterocycles. The van der Waals surface area contributed by atoms with Crippen LogP contribution >= 0.6 is 0 Å². The average molecular weight is 440 g/mol. The van der Waals surface area contributed by atoms with Crippen molar-refractivity contribution < 1.29 is 19.1 Å². The lowest BCUT2D eigenvalue weighted by Crippen LogP contribution is -2.57. The third kappa shape index (κ3) is 3.80. The molecular formula is C25H33N3O4. The fraction of sp³-hybridized carbons (Fsp3) is 0.680. The van der Waals surface area contributed by atoms with Crippen molar-refractivity contribution in [1.82, 2.24) is 15.5 Å². The summed E-state index contributed by atoms with van der Waals surface area (Å²) in [5, 5.41) is 6.46. The van der Waals surface area contributed by atoms with E-state index in [-0.39, 0.29) is 24.6 Å². The number of carbonyl (C=O) groups is 2. The molecular weight excluding hydrogens is 406 g/mol. The molecule has 7 heteroatoms. The predicted octanol–water partition coefficient (Wildman–Crippen LogP) is 3.28. The van der Waals surface area contributed by atoms with Gasteiger partial charge in [0.15, 0.2) is 11.5 Å². The number of benzene rings is 1. The van der Waals surface area contributed by atoms with Crippen molar-refractivity contribution in [3.05, 3.63) is 23.8 Å². The Kier molecular flexibility index (Phi) is 5.15. The van der Waals surface area contributed by atoms with Crippen LogP contribution in [0.2, 0.25) is 0 Å². The molecule has 32 heavy (non-hydrogen) atoms. The number of nitrogens with zero attached hydrogens (tertiary/aromatic N) is 1. The van der Waals surface area contributed by atoms with E-state index in [0.29, 0.717) is 37.5 Å². The quantitative estimate of drug-likeness (QED) is 0.755. The number of hydrogen-bond donors (Lipinski definition) is 2. The lowest BCUT2D eigenvalue weighted by Gasteiger charge is -2.54. The van der Waals surface area contributed by atoms with Gasteiger partial charge < -0.3 is 25.0 Å². The second-order valence-corrected chi connectivity index (χ2v) is 10.6. The summed E-state index contributed by atoms with van der Waals surface area (Å²) in [4.78, 5) is 27.5. The highest BCUT2D eigenvalue weighted by Crippen LogP contribution is 2.53. The molecule has 0 aromatic heterocycles. The summed E-state index contributed by atoms with van der Waals surface area (Å²) in [5.74, 6) is 4.98. The minimum absolute atomic E-state index is 0.0325. The number of nitrogens with one attached hydrogen (secondary N) is 2. The first-order valence-corrected chi connectivity index (χ1v) is 12.3. The molecule has 0 unspecified atom stereocenters. The van der Waals surface area contributed by atoms with E-state index in [1.165, 1.54) is 32.1 Å².